The normalized spacial score (nSPS) is 21.4. The monoisotopic (exact) mass is 315 g/mol. The Morgan fingerprint density at radius 2 is 1.95 bits per heavy atom. The number of aliphatic hydroxyl groups excluding tert-OH is 2. The van der Waals surface area contributed by atoms with Crippen molar-refractivity contribution in [2.24, 2.45) is 0 Å². The summed E-state index contributed by atoms with van der Waals surface area (Å²) in [6.45, 7) is 0.302. The van der Waals surface area contributed by atoms with Crippen LogP contribution in [-0.4, -0.2) is 61.5 Å². The molecule has 0 bridgehead atoms. The molecule has 1 aliphatic rings. The van der Waals surface area contributed by atoms with E-state index in [1.807, 2.05) is 0 Å². The number of carbonyl (C=O) groups is 2. The third-order valence-electron chi connectivity index (χ3n) is 3.30. The van der Waals surface area contributed by atoms with Crippen LogP contribution in [0.25, 0.3) is 0 Å². The van der Waals surface area contributed by atoms with Gasteiger partial charge in [-0.15, -0.1) is 11.3 Å². The number of methoxy groups -OCH3 is 1. The van der Waals surface area contributed by atoms with Crippen molar-refractivity contribution >= 4 is 33.9 Å². The van der Waals surface area contributed by atoms with Crippen LogP contribution in [-0.2, 0) is 4.74 Å². The number of aliphatic hydroxyl groups is 2. The third-order valence-corrected chi connectivity index (χ3v) is 4.56. The summed E-state index contributed by atoms with van der Waals surface area (Å²) in [5, 5.41) is 22.1. The van der Waals surface area contributed by atoms with Crippen LogP contribution in [0.15, 0.2) is 0 Å². The molecule has 0 spiro atoms. The molecule has 1 amide bonds. The van der Waals surface area contributed by atoms with Crippen molar-refractivity contribution < 1.29 is 24.5 Å². The molecule has 1 aliphatic heterocycles. The van der Waals surface area contributed by atoms with Crippen LogP contribution in [0.4, 0.5) is 10.7 Å². The SMILES string of the molecule is CNC(=O)c1sc(N2CC(O)C(O)C2)c(C(=O)OC)c1N. The van der Waals surface area contributed by atoms with Crippen molar-refractivity contribution in [1.82, 2.24) is 5.32 Å². The van der Waals surface area contributed by atoms with Crippen LogP contribution < -0.4 is 16.0 Å². The van der Waals surface area contributed by atoms with Gasteiger partial charge in [0.05, 0.1) is 25.0 Å². The number of nitrogens with two attached hydrogens (primary N) is 1. The van der Waals surface area contributed by atoms with E-state index >= 15 is 0 Å². The van der Waals surface area contributed by atoms with E-state index in [4.69, 9.17) is 10.5 Å². The van der Waals surface area contributed by atoms with Crippen molar-refractivity contribution in [2.45, 2.75) is 12.2 Å². The van der Waals surface area contributed by atoms with Gasteiger partial charge in [-0.1, -0.05) is 0 Å². The van der Waals surface area contributed by atoms with E-state index in [1.165, 1.54) is 14.2 Å². The minimum atomic E-state index is -0.915. The maximum atomic E-state index is 11.9. The zero-order valence-corrected chi connectivity index (χ0v) is 12.4. The summed E-state index contributed by atoms with van der Waals surface area (Å²) in [6.07, 6.45) is -1.83. The first-order chi connectivity index (χ1) is 9.90. The lowest BCUT2D eigenvalue weighted by atomic mass is 10.2. The number of nitrogen functional groups attached to an aromatic ring is 1. The molecule has 1 aromatic heterocycles. The van der Waals surface area contributed by atoms with Gasteiger partial charge in [-0.25, -0.2) is 4.79 Å². The Kier molecular flexibility index (Phi) is 4.35. The fourth-order valence-electron chi connectivity index (χ4n) is 2.17. The first-order valence-corrected chi connectivity index (χ1v) is 7.06. The van der Waals surface area contributed by atoms with Gasteiger partial charge in [0, 0.05) is 20.1 Å². The van der Waals surface area contributed by atoms with Crippen molar-refractivity contribution in [1.29, 1.82) is 0 Å². The molecule has 2 heterocycles. The van der Waals surface area contributed by atoms with E-state index in [0.29, 0.717) is 5.00 Å². The van der Waals surface area contributed by atoms with Gasteiger partial charge in [0.2, 0.25) is 0 Å². The molecule has 0 radical (unpaired) electrons. The average Bonchev–Trinajstić information content (AvgIpc) is 2.98. The quantitative estimate of drug-likeness (QED) is 0.528. The molecule has 9 heteroatoms. The smallest absolute Gasteiger partial charge is 0.343 e. The Hall–Kier alpha value is -1.84. The number of hydrogen-bond acceptors (Lipinski definition) is 8. The van der Waals surface area contributed by atoms with Crippen LogP contribution in [0, 0.1) is 0 Å². The van der Waals surface area contributed by atoms with Crippen LogP contribution >= 0.6 is 11.3 Å². The molecule has 1 fully saturated rings. The lowest BCUT2D eigenvalue weighted by Gasteiger charge is -2.16. The predicted molar refractivity (Wildman–Crippen MR) is 77.7 cm³/mol. The van der Waals surface area contributed by atoms with Gasteiger partial charge in [-0.05, 0) is 0 Å². The number of hydrogen-bond donors (Lipinski definition) is 4. The number of thiophene rings is 1. The molecule has 5 N–H and O–H groups in total. The maximum absolute atomic E-state index is 11.9. The summed E-state index contributed by atoms with van der Waals surface area (Å²) in [4.78, 5) is 25.5. The molecular formula is C12H17N3O5S. The fourth-order valence-corrected chi connectivity index (χ4v) is 3.34. The van der Waals surface area contributed by atoms with Gasteiger partial charge < -0.3 is 30.9 Å². The number of amides is 1. The summed E-state index contributed by atoms with van der Waals surface area (Å²) in [6, 6.07) is 0. The van der Waals surface area contributed by atoms with Crippen molar-refractivity contribution in [3.05, 3.63) is 10.4 Å². The van der Waals surface area contributed by atoms with E-state index in [9.17, 15) is 19.8 Å². The molecule has 8 nitrogen and oxygen atoms in total. The molecule has 1 aromatic rings. The molecule has 0 saturated carbocycles. The topological polar surface area (TPSA) is 125 Å². The van der Waals surface area contributed by atoms with Crippen molar-refractivity contribution in [3.8, 4) is 0 Å². The Morgan fingerprint density at radius 1 is 1.38 bits per heavy atom. The van der Waals surface area contributed by atoms with E-state index in [-0.39, 0.29) is 29.2 Å². The lowest BCUT2D eigenvalue weighted by Crippen LogP contribution is -2.22. The van der Waals surface area contributed by atoms with Gasteiger partial charge in [0.1, 0.15) is 15.4 Å². The van der Waals surface area contributed by atoms with E-state index in [2.05, 4.69) is 5.32 Å². The second-order valence-electron chi connectivity index (χ2n) is 4.64. The van der Waals surface area contributed by atoms with Gasteiger partial charge in [-0.3, -0.25) is 4.79 Å². The molecule has 116 valence electrons. The lowest BCUT2D eigenvalue weighted by molar-refractivity contribution is 0.0572. The number of anilines is 2. The summed E-state index contributed by atoms with van der Waals surface area (Å²) in [5.74, 6) is -1.07. The van der Waals surface area contributed by atoms with Gasteiger partial charge >= 0.3 is 5.97 Å². The Balaban J connectivity index is 2.49. The molecule has 21 heavy (non-hydrogen) atoms. The zero-order chi connectivity index (χ0) is 15.7. The van der Waals surface area contributed by atoms with Gasteiger partial charge in [-0.2, -0.15) is 0 Å². The first-order valence-electron chi connectivity index (χ1n) is 6.24. The highest BCUT2D eigenvalue weighted by molar-refractivity contribution is 7.19. The summed E-state index contributed by atoms with van der Waals surface area (Å²) in [7, 11) is 2.68. The van der Waals surface area contributed by atoms with E-state index in [1.54, 1.807) is 4.90 Å². The number of nitrogens with one attached hydrogen (secondary N) is 1. The van der Waals surface area contributed by atoms with Crippen LogP contribution in [0.3, 0.4) is 0 Å². The number of β-amino-alcohol motifs (C(OH)–C–C–N with tert-alkyl or cyclic N) is 2. The highest BCUT2D eigenvalue weighted by atomic mass is 32.1. The van der Waals surface area contributed by atoms with Crippen LogP contribution in [0.2, 0.25) is 0 Å². The van der Waals surface area contributed by atoms with Crippen molar-refractivity contribution in [3.63, 3.8) is 0 Å². The molecule has 0 aromatic carbocycles. The molecule has 0 aliphatic carbocycles. The number of nitrogens with zero attached hydrogens (tertiary/aromatic N) is 1. The van der Waals surface area contributed by atoms with Crippen LogP contribution in [0.1, 0.15) is 20.0 Å². The number of ether oxygens (including phenoxy) is 1. The van der Waals surface area contributed by atoms with Gasteiger partial charge in [0.25, 0.3) is 5.91 Å². The molecule has 2 unspecified atom stereocenters. The van der Waals surface area contributed by atoms with E-state index < -0.39 is 24.1 Å². The minimum absolute atomic E-state index is 0.0390. The highest BCUT2D eigenvalue weighted by Crippen LogP contribution is 2.40. The minimum Gasteiger partial charge on any atom is -0.465 e. The number of rotatable bonds is 3. The molecule has 2 atom stereocenters. The Morgan fingerprint density at radius 3 is 2.43 bits per heavy atom. The van der Waals surface area contributed by atoms with Crippen LogP contribution in [0.5, 0.6) is 0 Å². The Bertz CT molecular complexity index is 563. The number of carbonyl (C=O) groups excluding carboxylic acids is 2. The highest BCUT2D eigenvalue weighted by Gasteiger charge is 2.35. The second-order valence-corrected chi connectivity index (χ2v) is 5.63. The summed E-state index contributed by atoms with van der Waals surface area (Å²) < 4.78 is 4.70. The first kappa shape index (κ1) is 15.5. The predicted octanol–water partition coefficient (Wildman–Crippen LogP) is -0.982. The second kappa shape index (κ2) is 5.88. The maximum Gasteiger partial charge on any atom is 0.343 e. The zero-order valence-electron chi connectivity index (χ0n) is 11.6. The number of esters is 1. The van der Waals surface area contributed by atoms with Gasteiger partial charge in [0.15, 0.2) is 0 Å². The van der Waals surface area contributed by atoms with E-state index in [0.717, 1.165) is 11.3 Å². The Labute approximate surface area is 125 Å². The average molecular weight is 315 g/mol. The molecule has 1 saturated heterocycles. The summed E-state index contributed by atoms with van der Waals surface area (Å²) >= 11 is 1.03. The molecule has 2 rings (SSSR count). The third kappa shape index (κ3) is 2.67. The standard InChI is InChI=1S/C12H17N3O5S/c1-14-10(18)9-8(13)7(12(19)20-2)11(21-9)15-3-5(16)6(17)4-15/h5-6,16-17H,3-4,13H2,1-2H3,(H,14,18). The fraction of sp³-hybridized carbons (Fsp3) is 0.500. The summed E-state index contributed by atoms with van der Waals surface area (Å²) in [5.41, 5.74) is 6.02. The molecular weight excluding hydrogens is 298 g/mol. The largest absolute Gasteiger partial charge is 0.465 e. The van der Waals surface area contributed by atoms with Crippen molar-refractivity contribution in [2.75, 3.05) is 37.9 Å².